The Morgan fingerprint density at radius 1 is 0.650 bits per heavy atom. The average molecular weight is 619 g/mol. The number of aliphatic hydroxyl groups is 1. The zero-order valence-electron chi connectivity index (χ0n) is 21.5. The van der Waals surface area contributed by atoms with Crippen molar-refractivity contribution in [2.75, 3.05) is 85.1 Å². The van der Waals surface area contributed by atoms with Gasteiger partial charge in [-0.3, -0.25) is 38.8 Å². The van der Waals surface area contributed by atoms with Crippen LogP contribution in [0.4, 0.5) is 0 Å². The van der Waals surface area contributed by atoms with Crippen LogP contribution in [0.5, 0.6) is 0 Å². The lowest BCUT2D eigenvalue weighted by molar-refractivity contribution is -0.275. The van der Waals surface area contributed by atoms with E-state index in [2.05, 4.69) is 14.4 Å². The van der Waals surface area contributed by atoms with Gasteiger partial charge < -0.3 is 25.7 Å². The van der Waals surface area contributed by atoms with Gasteiger partial charge in [-0.2, -0.15) is 0 Å². The maximum absolute atomic E-state index is 12.6. The predicted octanol–water partition coefficient (Wildman–Crippen LogP) is -3.05. The van der Waals surface area contributed by atoms with E-state index in [-0.39, 0.29) is 78.5 Å². The lowest BCUT2D eigenvalue weighted by atomic mass is 10.3. The Hall–Kier alpha value is -2.28. The number of carbonyl (C=O) groups excluding carboxylic acids is 1. The summed E-state index contributed by atoms with van der Waals surface area (Å²) in [6.07, 6.45) is -0.687. The molecule has 228 valence electrons. The van der Waals surface area contributed by atoms with E-state index in [9.17, 15) is 48.7 Å². The van der Waals surface area contributed by atoms with Crippen molar-refractivity contribution >= 4 is 40.3 Å². The molecule has 1 fully saturated rings. The molecular weight excluding hydrogens is 584 g/mol. The van der Waals surface area contributed by atoms with Crippen molar-refractivity contribution < 1.29 is 67.6 Å². The number of carboxylic acid groups (broad SMARTS) is 3. The smallest absolute Gasteiger partial charge is 0.480 e. The fourth-order valence-corrected chi connectivity index (χ4v) is 4.56. The molecule has 1 rings (SSSR count). The summed E-state index contributed by atoms with van der Waals surface area (Å²) in [5, 5.41) is 40.1. The first kappa shape index (κ1) is 35.7. The molecule has 1 amide bonds. The Balaban J connectivity index is 2.91. The highest BCUT2D eigenvalue weighted by Crippen LogP contribution is 2.34. The number of carbonyl (C=O) groups is 4. The van der Waals surface area contributed by atoms with Crippen molar-refractivity contribution in [2.45, 2.75) is 12.4 Å². The van der Waals surface area contributed by atoms with E-state index in [1.807, 2.05) is 0 Å². The summed E-state index contributed by atoms with van der Waals surface area (Å²) in [5.41, 5.74) is 0. The molecule has 1 saturated heterocycles. The van der Waals surface area contributed by atoms with Crippen LogP contribution in [0.2, 0.25) is 0 Å². The molecule has 0 aromatic rings. The first-order chi connectivity index (χ1) is 18.7. The van der Waals surface area contributed by atoms with Crippen LogP contribution in [-0.4, -0.2) is 165 Å². The standard InChI is InChI=1S/C19H33N5O14P2/c25-15(20-2-1-19(32,37-39(33)34)38-40(35)36)11-21-3-5-22(12-16(26)27)7-9-24(14-18(30)31)10-8-23(6-4-21)13-17(28)29/h32H,1-14H2,(H4-2,20,25,26,27,28,29,30,31,33,34,35,36)/p+2. The number of aliphatic carboxylic acids is 3. The van der Waals surface area contributed by atoms with Crippen LogP contribution in [0, 0.1) is 0 Å². The SMILES string of the molecule is O=C(O)CN1CCN(CC(=O)O)CCN(CC(=O)NCCC(O)(O[P+](=O)O)O[P+](=O)O)CCN(CC(=O)O)CC1. The highest BCUT2D eigenvalue weighted by Gasteiger charge is 2.47. The zero-order valence-corrected chi connectivity index (χ0v) is 23.3. The van der Waals surface area contributed by atoms with Gasteiger partial charge in [0.25, 0.3) is 0 Å². The van der Waals surface area contributed by atoms with Gasteiger partial charge in [0.2, 0.25) is 5.91 Å². The van der Waals surface area contributed by atoms with E-state index in [1.165, 1.54) is 0 Å². The molecule has 0 bridgehead atoms. The van der Waals surface area contributed by atoms with E-state index < -0.39 is 59.3 Å². The molecule has 21 heteroatoms. The van der Waals surface area contributed by atoms with Gasteiger partial charge in [-0.15, -0.1) is 9.79 Å². The fraction of sp³-hybridized carbons (Fsp3) is 0.789. The van der Waals surface area contributed by atoms with Crippen molar-refractivity contribution in [3.8, 4) is 0 Å². The minimum atomic E-state index is -3.42. The molecule has 19 nitrogen and oxygen atoms in total. The Kier molecular flexibility index (Phi) is 16.3. The highest BCUT2D eigenvalue weighted by molar-refractivity contribution is 7.33. The summed E-state index contributed by atoms with van der Waals surface area (Å²) in [4.78, 5) is 70.6. The molecule has 2 unspecified atom stereocenters. The van der Waals surface area contributed by atoms with Gasteiger partial charge in [0, 0.05) is 68.0 Å². The molecule has 1 heterocycles. The number of hydrogen-bond donors (Lipinski definition) is 7. The van der Waals surface area contributed by atoms with Gasteiger partial charge in [0.05, 0.1) is 32.6 Å². The number of carboxylic acids is 3. The van der Waals surface area contributed by atoms with Crippen LogP contribution in [0.25, 0.3) is 0 Å². The molecule has 0 saturated carbocycles. The Bertz CT molecular complexity index is 865. The van der Waals surface area contributed by atoms with Crippen LogP contribution in [-0.2, 0) is 37.4 Å². The van der Waals surface area contributed by atoms with Gasteiger partial charge >= 0.3 is 40.4 Å². The third kappa shape index (κ3) is 16.7. The molecule has 1 aliphatic rings. The Morgan fingerprint density at radius 2 is 0.950 bits per heavy atom. The number of amides is 1. The average Bonchev–Trinajstić information content (AvgIpc) is 2.78. The summed E-state index contributed by atoms with van der Waals surface area (Å²) in [6.45, 7) is -0.00483. The topological polar surface area (TPSA) is 267 Å². The largest absolute Gasteiger partial charge is 0.700 e. The second-order valence-electron chi connectivity index (χ2n) is 8.76. The van der Waals surface area contributed by atoms with Crippen LogP contribution < -0.4 is 5.32 Å². The summed E-state index contributed by atoms with van der Waals surface area (Å²) >= 11 is 0. The summed E-state index contributed by atoms with van der Waals surface area (Å²) in [7, 11) is -6.84. The summed E-state index contributed by atoms with van der Waals surface area (Å²) in [5.74, 6) is -6.79. The number of rotatable bonds is 15. The summed E-state index contributed by atoms with van der Waals surface area (Å²) in [6, 6.07) is 0. The first-order valence-corrected chi connectivity index (χ1v) is 14.2. The second-order valence-corrected chi connectivity index (χ2v) is 10.1. The molecule has 0 aliphatic carbocycles. The molecule has 0 aromatic carbocycles. The number of nitrogens with zero attached hydrogens (tertiary/aromatic N) is 4. The monoisotopic (exact) mass is 619 g/mol. The van der Waals surface area contributed by atoms with Gasteiger partial charge in [-0.25, -0.2) is 0 Å². The van der Waals surface area contributed by atoms with Gasteiger partial charge in [-0.1, -0.05) is 0 Å². The fourth-order valence-electron chi connectivity index (χ4n) is 3.76. The van der Waals surface area contributed by atoms with E-state index in [0.29, 0.717) is 0 Å². The molecule has 2 atom stereocenters. The van der Waals surface area contributed by atoms with Crippen molar-refractivity contribution in [3.63, 3.8) is 0 Å². The lowest BCUT2D eigenvalue weighted by Gasteiger charge is -2.32. The van der Waals surface area contributed by atoms with E-state index >= 15 is 0 Å². The number of hydrogen-bond acceptors (Lipinski definition) is 13. The van der Waals surface area contributed by atoms with E-state index in [4.69, 9.17) is 9.79 Å². The van der Waals surface area contributed by atoms with Crippen molar-refractivity contribution in [1.82, 2.24) is 24.9 Å². The molecular formula is C19H35N5O14P2+2. The van der Waals surface area contributed by atoms with Crippen LogP contribution in [0.15, 0.2) is 0 Å². The van der Waals surface area contributed by atoms with Crippen molar-refractivity contribution in [3.05, 3.63) is 0 Å². The maximum Gasteiger partial charge on any atom is 0.700 e. The molecule has 0 spiro atoms. The van der Waals surface area contributed by atoms with Crippen molar-refractivity contribution in [2.24, 2.45) is 0 Å². The normalized spacial score (nSPS) is 19.5. The molecule has 40 heavy (non-hydrogen) atoms. The maximum atomic E-state index is 12.6. The lowest BCUT2D eigenvalue weighted by Crippen LogP contribution is -2.50. The first-order valence-electron chi connectivity index (χ1n) is 11.9. The third-order valence-corrected chi connectivity index (χ3v) is 6.46. The van der Waals surface area contributed by atoms with Crippen molar-refractivity contribution in [1.29, 1.82) is 0 Å². The Morgan fingerprint density at radius 3 is 1.23 bits per heavy atom. The zero-order chi connectivity index (χ0) is 30.3. The van der Waals surface area contributed by atoms with Crippen LogP contribution in [0.1, 0.15) is 6.42 Å². The quantitative estimate of drug-likeness (QED) is 0.0708. The molecule has 0 radical (unpaired) electrons. The molecule has 1 aliphatic heterocycles. The minimum absolute atomic E-state index is 0.187. The summed E-state index contributed by atoms with van der Waals surface area (Å²) < 4.78 is 30.2. The van der Waals surface area contributed by atoms with E-state index in [0.717, 1.165) is 0 Å². The predicted molar refractivity (Wildman–Crippen MR) is 133 cm³/mol. The molecule has 0 aromatic heterocycles. The van der Waals surface area contributed by atoms with Crippen LogP contribution >= 0.6 is 16.5 Å². The third-order valence-electron chi connectivity index (χ3n) is 5.58. The highest BCUT2D eigenvalue weighted by atomic mass is 31.1. The van der Waals surface area contributed by atoms with Gasteiger partial charge in [0.1, 0.15) is 0 Å². The van der Waals surface area contributed by atoms with E-state index in [1.54, 1.807) is 19.6 Å². The van der Waals surface area contributed by atoms with Gasteiger partial charge in [-0.05, 0) is 9.05 Å². The Labute approximate surface area is 230 Å². The minimum Gasteiger partial charge on any atom is -0.480 e. The van der Waals surface area contributed by atoms with Crippen LogP contribution in [0.3, 0.4) is 0 Å². The number of nitrogens with one attached hydrogen (secondary N) is 1. The van der Waals surface area contributed by atoms with Gasteiger partial charge in [0.15, 0.2) is 0 Å². The second kappa shape index (κ2) is 18.2. The molecule has 7 N–H and O–H groups in total.